The number of methoxy groups -OCH3 is 2. The zero-order valence-electron chi connectivity index (χ0n) is 11.6. The van der Waals surface area contributed by atoms with E-state index in [4.69, 9.17) is 19.0 Å². The number of aliphatic hydroxyl groups excluding tert-OH is 3. The normalized spacial score (nSPS) is 14.0. The van der Waals surface area contributed by atoms with Crippen LogP contribution >= 0.6 is 0 Å². The highest BCUT2D eigenvalue weighted by molar-refractivity contribution is 5.87. The fourth-order valence-corrected chi connectivity index (χ4v) is 2.14. The smallest absolute Gasteiger partial charge is 0.336 e. The van der Waals surface area contributed by atoms with Gasteiger partial charge in [-0.3, -0.25) is 0 Å². The Bertz CT molecular complexity index is 692. The summed E-state index contributed by atoms with van der Waals surface area (Å²) in [5, 5.41) is 29.2. The monoisotopic (exact) mass is 296 g/mol. The van der Waals surface area contributed by atoms with Crippen molar-refractivity contribution in [3.8, 4) is 11.5 Å². The molecule has 7 nitrogen and oxygen atoms in total. The molecule has 2 atom stereocenters. The summed E-state index contributed by atoms with van der Waals surface area (Å²) < 4.78 is 15.5. The van der Waals surface area contributed by atoms with Gasteiger partial charge in [-0.1, -0.05) is 0 Å². The molecule has 0 aliphatic carbocycles. The van der Waals surface area contributed by atoms with Gasteiger partial charge in [0, 0.05) is 12.1 Å². The van der Waals surface area contributed by atoms with Crippen molar-refractivity contribution < 1.29 is 29.2 Å². The molecule has 2 aromatic rings. The Morgan fingerprint density at radius 3 is 2.52 bits per heavy atom. The van der Waals surface area contributed by atoms with E-state index >= 15 is 0 Å². The number of ether oxygens (including phenoxy) is 2. The number of aliphatic hydroxyl groups is 3. The average Bonchev–Trinajstić information content (AvgIpc) is 2.50. The zero-order chi connectivity index (χ0) is 15.6. The molecule has 1 heterocycles. The van der Waals surface area contributed by atoms with Crippen LogP contribution in [0.5, 0.6) is 11.5 Å². The third-order valence-corrected chi connectivity index (χ3v) is 3.15. The highest BCUT2D eigenvalue weighted by Crippen LogP contribution is 2.41. The summed E-state index contributed by atoms with van der Waals surface area (Å²) in [5.74, 6) is 0.377. The Morgan fingerprint density at radius 1 is 1.24 bits per heavy atom. The largest absolute Gasteiger partial charge is 0.496 e. The molecule has 7 heteroatoms. The molecule has 0 unspecified atom stereocenters. The Hall–Kier alpha value is -2.09. The molecule has 0 saturated heterocycles. The van der Waals surface area contributed by atoms with Crippen molar-refractivity contribution in [2.24, 2.45) is 0 Å². The van der Waals surface area contributed by atoms with Crippen LogP contribution in [0.3, 0.4) is 0 Å². The van der Waals surface area contributed by atoms with E-state index in [1.807, 2.05) is 0 Å². The van der Waals surface area contributed by atoms with E-state index in [0.29, 0.717) is 5.39 Å². The minimum absolute atomic E-state index is 0.169. The molecule has 3 N–H and O–H groups in total. The maximum absolute atomic E-state index is 11.3. The molecular formula is C14H16O7. The summed E-state index contributed by atoms with van der Waals surface area (Å²) in [6.45, 7) is -0.630. The van der Waals surface area contributed by atoms with Gasteiger partial charge >= 0.3 is 5.63 Å². The van der Waals surface area contributed by atoms with Gasteiger partial charge in [-0.15, -0.1) is 0 Å². The lowest BCUT2D eigenvalue weighted by Gasteiger charge is -2.22. The lowest BCUT2D eigenvalue weighted by Crippen LogP contribution is -2.23. The van der Waals surface area contributed by atoms with Crippen LogP contribution in [0, 0.1) is 0 Å². The van der Waals surface area contributed by atoms with E-state index in [2.05, 4.69) is 0 Å². The summed E-state index contributed by atoms with van der Waals surface area (Å²) in [4.78, 5) is 11.3. The molecule has 1 aromatic heterocycles. The second-order valence-corrected chi connectivity index (χ2v) is 4.39. The summed E-state index contributed by atoms with van der Waals surface area (Å²) in [5.41, 5.74) is -0.135. The quantitative estimate of drug-likeness (QED) is 0.676. The van der Waals surface area contributed by atoms with Gasteiger partial charge in [0.05, 0.1) is 31.8 Å². The molecule has 0 fully saturated rings. The number of benzene rings is 1. The van der Waals surface area contributed by atoms with E-state index in [1.54, 1.807) is 0 Å². The van der Waals surface area contributed by atoms with Crippen LogP contribution in [0.1, 0.15) is 11.7 Å². The van der Waals surface area contributed by atoms with Crippen LogP contribution in [0.15, 0.2) is 27.4 Å². The predicted octanol–water partition coefficient (Wildman–Crippen LogP) is 0.197. The second-order valence-electron chi connectivity index (χ2n) is 4.39. The third-order valence-electron chi connectivity index (χ3n) is 3.15. The molecule has 0 spiro atoms. The molecule has 0 aliphatic rings. The van der Waals surface area contributed by atoms with Crippen molar-refractivity contribution in [1.82, 2.24) is 0 Å². The first-order valence-electron chi connectivity index (χ1n) is 6.19. The van der Waals surface area contributed by atoms with E-state index in [1.165, 1.54) is 32.4 Å². The van der Waals surface area contributed by atoms with Crippen LogP contribution in [0.25, 0.3) is 11.0 Å². The zero-order valence-corrected chi connectivity index (χ0v) is 11.6. The van der Waals surface area contributed by atoms with E-state index in [0.717, 1.165) is 0 Å². The average molecular weight is 296 g/mol. The minimum atomic E-state index is -1.42. The van der Waals surface area contributed by atoms with Gasteiger partial charge in [0.15, 0.2) is 0 Å². The van der Waals surface area contributed by atoms with Crippen LogP contribution < -0.4 is 15.1 Å². The number of hydrogen-bond donors (Lipinski definition) is 3. The van der Waals surface area contributed by atoms with Crippen molar-refractivity contribution >= 4 is 11.0 Å². The number of fused-ring (bicyclic) bond motifs is 1. The Balaban J connectivity index is 2.78. The molecule has 0 amide bonds. The summed E-state index contributed by atoms with van der Waals surface area (Å²) in [7, 11) is 2.74. The minimum Gasteiger partial charge on any atom is -0.496 e. The van der Waals surface area contributed by atoms with Gasteiger partial charge in [-0.2, -0.15) is 0 Å². The predicted molar refractivity (Wildman–Crippen MR) is 73.6 cm³/mol. The fraction of sp³-hybridized carbons (Fsp3) is 0.357. The molecule has 2 rings (SSSR count). The molecule has 1 aromatic carbocycles. The standard InChI is InChI=1S/C14H16O7/c1-19-10-5-9-7(3-4-11(17)21-9)14(20-2)12(10)13(18)8(16)6-15/h3-5,8,13,15-16,18H,6H2,1-2H3/t8-,13+/m0/s1. The molecular weight excluding hydrogens is 280 g/mol. The Morgan fingerprint density at radius 2 is 1.95 bits per heavy atom. The SMILES string of the molecule is COc1cc2oc(=O)ccc2c(OC)c1[C@H](O)[C@@H](O)CO. The van der Waals surface area contributed by atoms with Crippen molar-refractivity contribution in [1.29, 1.82) is 0 Å². The van der Waals surface area contributed by atoms with Gasteiger partial charge < -0.3 is 29.2 Å². The van der Waals surface area contributed by atoms with Crippen LogP contribution in [0.4, 0.5) is 0 Å². The summed E-state index contributed by atoms with van der Waals surface area (Å²) in [6, 6.07) is 4.12. The molecule has 0 aliphatic heterocycles. The van der Waals surface area contributed by atoms with Crippen LogP contribution in [-0.2, 0) is 0 Å². The first-order valence-corrected chi connectivity index (χ1v) is 6.19. The molecule has 21 heavy (non-hydrogen) atoms. The summed E-state index contributed by atoms with van der Waals surface area (Å²) in [6.07, 6.45) is -2.82. The first-order chi connectivity index (χ1) is 10.0. The summed E-state index contributed by atoms with van der Waals surface area (Å²) >= 11 is 0. The Labute approximate surface area is 120 Å². The van der Waals surface area contributed by atoms with Crippen molar-refractivity contribution in [2.75, 3.05) is 20.8 Å². The van der Waals surface area contributed by atoms with Gasteiger partial charge in [-0.05, 0) is 6.07 Å². The number of rotatable bonds is 5. The maximum atomic E-state index is 11.3. The fourth-order valence-electron chi connectivity index (χ4n) is 2.14. The highest BCUT2D eigenvalue weighted by atomic mass is 16.5. The van der Waals surface area contributed by atoms with Gasteiger partial charge in [0.2, 0.25) is 0 Å². The van der Waals surface area contributed by atoms with Crippen molar-refractivity contribution in [2.45, 2.75) is 12.2 Å². The third kappa shape index (κ3) is 2.71. The van der Waals surface area contributed by atoms with E-state index in [9.17, 15) is 15.0 Å². The second kappa shape index (κ2) is 6.13. The number of hydrogen-bond acceptors (Lipinski definition) is 7. The van der Waals surface area contributed by atoms with Crippen molar-refractivity contribution in [3.05, 3.63) is 34.2 Å². The topological polar surface area (TPSA) is 109 Å². The van der Waals surface area contributed by atoms with Crippen molar-refractivity contribution in [3.63, 3.8) is 0 Å². The van der Waals surface area contributed by atoms with E-state index in [-0.39, 0.29) is 22.6 Å². The van der Waals surface area contributed by atoms with Gasteiger partial charge in [0.1, 0.15) is 29.3 Å². The molecule has 0 saturated carbocycles. The Kier molecular flexibility index (Phi) is 4.46. The van der Waals surface area contributed by atoms with Gasteiger partial charge in [0.25, 0.3) is 0 Å². The van der Waals surface area contributed by atoms with Crippen LogP contribution in [-0.4, -0.2) is 42.3 Å². The highest BCUT2D eigenvalue weighted by Gasteiger charge is 2.27. The first kappa shape index (κ1) is 15.3. The lowest BCUT2D eigenvalue weighted by molar-refractivity contribution is -0.0171. The molecule has 114 valence electrons. The molecule has 0 radical (unpaired) electrons. The van der Waals surface area contributed by atoms with Crippen LogP contribution in [0.2, 0.25) is 0 Å². The van der Waals surface area contributed by atoms with E-state index < -0.39 is 24.4 Å². The molecule has 0 bridgehead atoms. The lowest BCUT2D eigenvalue weighted by atomic mass is 9.99. The van der Waals surface area contributed by atoms with Gasteiger partial charge in [-0.25, -0.2) is 4.79 Å². The maximum Gasteiger partial charge on any atom is 0.336 e.